The van der Waals surface area contributed by atoms with E-state index in [2.05, 4.69) is 11.9 Å². The van der Waals surface area contributed by atoms with E-state index in [1.54, 1.807) is 18.2 Å². The van der Waals surface area contributed by atoms with Crippen LogP contribution in [0.25, 0.3) is 5.57 Å². The number of carbonyl (C=O) groups is 2. The van der Waals surface area contributed by atoms with Crippen LogP contribution in [0.15, 0.2) is 42.1 Å². The first kappa shape index (κ1) is 20.9. The second-order valence-corrected chi connectivity index (χ2v) is 8.70. The smallest absolute Gasteiger partial charge is 0.282 e. The maximum Gasteiger partial charge on any atom is 0.282 e. The fourth-order valence-corrected chi connectivity index (χ4v) is 4.24. The molecule has 0 bridgehead atoms. The zero-order valence-electron chi connectivity index (χ0n) is 17.2. The van der Waals surface area contributed by atoms with Gasteiger partial charge in [-0.25, -0.2) is 4.90 Å². The van der Waals surface area contributed by atoms with Gasteiger partial charge in [0, 0.05) is 31.2 Å². The van der Waals surface area contributed by atoms with Gasteiger partial charge in [0.05, 0.1) is 16.3 Å². The SMILES string of the molecule is Cc1ccc(C2=C(N3CCN(C)CC3)C(=O)N(c3cc(Cl)ccc3Cl)C2=O)cc1C. The first-order valence-electron chi connectivity index (χ1n) is 9.87. The fraction of sp³-hybridized carbons (Fsp3) is 0.304. The molecule has 156 valence electrons. The number of benzene rings is 2. The van der Waals surface area contributed by atoms with E-state index in [1.807, 2.05) is 36.9 Å². The molecule has 30 heavy (non-hydrogen) atoms. The number of aryl methyl sites for hydroxylation is 2. The highest BCUT2D eigenvalue weighted by molar-refractivity contribution is 6.47. The summed E-state index contributed by atoms with van der Waals surface area (Å²) < 4.78 is 0. The lowest BCUT2D eigenvalue weighted by Gasteiger charge is -2.34. The number of carbonyl (C=O) groups excluding carboxylic acids is 2. The van der Waals surface area contributed by atoms with Gasteiger partial charge in [0.25, 0.3) is 11.8 Å². The predicted octanol–water partition coefficient (Wildman–Crippen LogP) is 4.14. The van der Waals surface area contributed by atoms with Gasteiger partial charge in [-0.1, -0.05) is 41.4 Å². The number of halogens is 2. The number of anilines is 1. The third-order valence-electron chi connectivity index (χ3n) is 5.82. The maximum absolute atomic E-state index is 13.6. The molecule has 0 N–H and O–H groups in total. The number of amides is 2. The Morgan fingerprint density at radius 1 is 0.833 bits per heavy atom. The van der Waals surface area contributed by atoms with Gasteiger partial charge in [-0.3, -0.25) is 9.59 Å². The van der Waals surface area contributed by atoms with E-state index >= 15 is 0 Å². The Hall–Kier alpha value is -2.34. The van der Waals surface area contributed by atoms with Crippen molar-refractivity contribution < 1.29 is 9.59 Å². The molecule has 2 amide bonds. The molecule has 4 rings (SSSR count). The Labute approximate surface area is 186 Å². The molecule has 2 aromatic carbocycles. The molecule has 7 heteroatoms. The van der Waals surface area contributed by atoms with Gasteiger partial charge < -0.3 is 9.80 Å². The number of imide groups is 1. The normalized spacial score (nSPS) is 18.0. The summed E-state index contributed by atoms with van der Waals surface area (Å²) in [4.78, 5) is 32.6. The molecule has 0 atom stereocenters. The third-order valence-corrected chi connectivity index (χ3v) is 6.38. The number of rotatable bonds is 3. The van der Waals surface area contributed by atoms with Crippen molar-refractivity contribution in [2.45, 2.75) is 13.8 Å². The molecule has 0 unspecified atom stereocenters. The molecule has 0 aliphatic carbocycles. The third kappa shape index (κ3) is 3.62. The molecule has 0 radical (unpaired) electrons. The molecule has 0 spiro atoms. The molecule has 2 aromatic rings. The Morgan fingerprint density at radius 2 is 1.53 bits per heavy atom. The highest BCUT2D eigenvalue weighted by Gasteiger charge is 2.43. The highest BCUT2D eigenvalue weighted by atomic mass is 35.5. The lowest BCUT2D eigenvalue weighted by molar-refractivity contribution is -0.120. The molecule has 0 saturated carbocycles. The topological polar surface area (TPSA) is 43.9 Å². The van der Waals surface area contributed by atoms with Crippen LogP contribution >= 0.6 is 23.2 Å². The molecule has 1 fully saturated rings. The van der Waals surface area contributed by atoms with Crippen LogP contribution in [0.1, 0.15) is 16.7 Å². The average molecular weight is 444 g/mol. The summed E-state index contributed by atoms with van der Waals surface area (Å²) in [5.74, 6) is -0.733. The molecular formula is C23H23Cl2N3O2. The van der Waals surface area contributed by atoms with Crippen molar-refractivity contribution >= 4 is 46.3 Å². The monoisotopic (exact) mass is 443 g/mol. The van der Waals surface area contributed by atoms with Crippen molar-refractivity contribution in [3.05, 3.63) is 68.8 Å². The summed E-state index contributed by atoms with van der Waals surface area (Å²) in [5.41, 5.74) is 4.11. The number of nitrogens with zero attached hydrogens (tertiary/aromatic N) is 3. The maximum atomic E-state index is 13.6. The van der Waals surface area contributed by atoms with E-state index in [0.29, 0.717) is 40.1 Å². The second kappa shape index (κ2) is 8.06. The number of likely N-dealkylation sites (N-methyl/N-ethyl adjacent to an activating group) is 1. The lowest BCUT2D eigenvalue weighted by atomic mass is 9.99. The van der Waals surface area contributed by atoms with Crippen molar-refractivity contribution in [2.24, 2.45) is 0 Å². The molecule has 0 aromatic heterocycles. The van der Waals surface area contributed by atoms with Crippen LogP contribution in [0.5, 0.6) is 0 Å². The van der Waals surface area contributed by atoms with E-state index in [0.717, 1.165) is 34.7 Å². The highest BCUT2D eigenvalue weighted by Crippen LogP contribution is 2.39. The largest absolute Gasteiger partial charge is 0.364 e. The first-order chi connectivity index (χ1) is 14.3. The molecule has 2 aliphatic heterocycles. The Kier molecular flexibility index (Phi) is 5.62. The van der Waals surface area contributed by atoms with Crippen molar-refractivity contribution in [1.29, 1.82) is 0 Å². The van der Waals surface area contributed by atoms with E-state index in [-0.39, 0.29) is 11.8 Å². The summed E-state index contributed by atoms with van der Waals surface area (Å²) in [6.45, 7) is 7.02. The van der Waals surface area contributed by atoms with Crippen molar-refractivity contribution in [3.63, 3.8) is 0 Å². The Morgan fingerprint density at radius 3 is 2.20 bits per heavy atom. The van der Waals surface area contributed by atoms with Gasteiger partial charge in [-0.2, -0.15) is 0 Å². The number of hydrogen-bond donors (Lipinski definition) is 0. The van der Waals surface area contributed by atoms with Crippen molar-refractivity contribution in [3.8, 4) is 0 Å². The van der Waals surface area contributed by atoms with E-state index in [4.69, 9.17) is 23.2 Å². The van der Waals surface area contributed by atoms with Gasteiger partial charge in [0.1, 0.15) is 5.70 Å². The molecular weight excluding hydrogens is 421 g/mol. The van der Waals surface area contributed by atoms with Gasteiger partial charge in [0.15, 0.2) is 0 Å². The van der Waals surface area contributed by atoms with E-state index in [9.17, 15) is 9.59 Å². The van der Waals surface area contributed by atoms with Crippen LogP contribution in [0.4, 0.5) is 5.69 Å². The zero-order valence-corrected chi connectivity index (χ0v) is 18.7. The molecule has 1 saturated heterocycles. The van der Waals surface area contributed by atoms with Crippen LogP contribution in [-0.2, 0) is 9.59 Å². The van der Waals surface area contributed by atoms with Gasteiger partial charge in [-0.15, -0.1) is 0 Å². The van der Waals surface area contributed by atoms with E-state index < -0.39 is 0 Å². The Balaban J connectivity index is 1.86. The number of piperazine rings is 1. The van der Waals surface area contributed by atoms with Gasteiger partial charge >= 0.3 is 0 Å². The molecule has 5 nitrogen and oxygen atoms in total. The predicted molar refractivity (Wildman–Crippen MR) is 121 cm³/mol. The summed E-state index contributed by atoms with van der Waals surface area (Å²) in [7, 11) is 2.05. The number of hydrogen-bond acceptors (Lipinski definition) is 4. The Bertz CT molecular complexity index is 1070. The summed E-state index contributed by atoms with van der Waals surface area (Å²) in [5, 5.41) is 0.718. The summed E-state index contributed by atoms with van der Waals surface area (Å²) >= 11 is 12.5. The fourth-order valence-electron chi connectivity index (χ4n) is 3.87. The van der Waals surface area contributed by atoms with Crippen molar-refractivity contribution in [2.75, 3.05) is 38.1 Å². The van der Waals surface area contributed by atoms with Gasteiger partial charge in [0.2, 0.25) is 0 Å². The average Bonchev–Trinajstić information content (AvgIpc) is 2.97. The minimum atomic E-state index is -0.374. The van der Waals surface area contributed by atoms with Crippen LogP contribution in [0, 0.1) is 13.8 Å². The van der Waals surface area contributed by atoms with E-state index in [1.165, 1.54) is 0 Å². The second-order valence-electron chi connectivity index (χ2n) is 7.85. The standard InChI is InChI=1S/C23H23Cl2N3O2/c1-14-4-5-16(12-15(14)2)20-21(27-10-8-26(3)9-11-27)23(30)28(22(20)29)19-13-17(24)6-7-18(19)25/h4-7,12-13H,8-11H2,1-3H3. The van der Waals surface area contributed by atoms with Crippen molar-refractivity contribution in [1.82, 2.24) is 9.80 Å². The quantitative estimate of drug-likeness (QED) is 0.668. The first-order valence-corrected chi connectivity index (χ1v) is 10.6. The minimum absolute atomic E-state index is 0.306. The summed E-state index contributed by atoms with van der Waals surface area (Å²) in [6, 6.07) is 10.6. The summed E-state index contributed by atoms with van der Waals surface area (Å²) in [6.07, 6.45) is 0. The van der Waals surface area contributed by atoms with Crippen LogP contribution in [0.2, 0.25) is 10.0 Å². The minimum Gasteiger partial charge on any atom is -0.364 e. The molecule has 2 heterocycles. The molecule has 2 aliphatic rings. The lowest BCUT2D eigenvalue weighted by Crippen LogP contribution is -2.46. The zero-order chi connectivity index (χ0) is 21.6. The van der Waals surface area contributed by atoms with Crippen LogP contribution < -0.4 is 4.90 Å². The van der Waals surface area contributed by atoms with Gasteiger partial charge in [-0.05, 0) is 55.8 Å². The van der Waals surface area contributed by atoms with Crippen LogP contribution in [-0.4, -0.2) is 54.8 Å². The van der Waals surface area contributed by atoms with Crippen LogP contribution in [0.3, 0.4) is 0 Å².